The lowest BCUT2D eigenvalue weighted by Gasteiger charge is -2.18. The topological polar surface area (TPSA) is 78.9 Å². The fraction of sp³-hybridized carbons (Fsp3) is 0.900. The maximum Gasteiger partial charge on any atom is 0.306 e. The summed E-state index contributed by atoms with van der Waals surface area (Å²) in [6.45, 7) is 6.69. The normalized spacial score (nSPS) is 12.1. The molecule has 0 aliphatic heterocycles. The van der Waals surface area contributed by atoms with Gasteiger partial charge in [-0.2, -0.15) is 0 Å². The Labute approximate surface area is 474 Å². The summed E-state index contributed by atoms with van der Waals surface area (Å²) in [6, 6.07) is 0. The van der Waals surface area contributed by atoms with Crippen molar-refractivity contribution in [2.24, 2.45) is 0 Å². The zero-order chi connectivity index (χ0) is 55.0. The van der Waals surface area contributed by atoms with Gasteiger partial charge in [-0.1, -0.05) is 340 Å². The van der Waals surface area contributed by atoms with Crippen LogP contribution in [0.15, 0.2) is 24.3 Å². The smallest absolute Gasteiger partial charge is 0.306 e. The molecule has 0 aromatic heterocycles. The molecule has 6 nitrogen and oxygen atoms in total. The first-order chi connectivity index (χ1) is 37.5. The first kappa shape index (κ1) is 73.9. The summed E-state index contributed by atoms with van der Waals surface area (Å²) in [5.41, 5.74) is 0. The van der Waals surface area contributed by atoms with Gasteiger partial charge in [0.05, 0.1) is 0 Å². The highest BCUT2D eigenvalue weighted by Gasteiger charge is 2.19. The molecular weight excluding hydrogens is 937 g/mol. The van der Waals surface area contributed by atoms with Crippen LogP contribution >= 0.6 is 0 Å². The molecule has 0 aliphatic rings. The molecule has 6 heteroatoms. The van der Waals surface area contributed by atoms with Gasteiger partial charge in [-0.05, 0) is 51.4 Å². The van der Waals surface area contributed by atoms with E-state index in [2.05, 4.69) is 45.1 Å². The average molecular weight is 1070 g/mol. The van der Waals surface area contributed by atoms with Gasteiger partial charge in [-0.25, -0.2) is 0 Å². The molecule has 0 bridgehead atoms. The molecule has 0 saturated carbocycles. The van der Waals surface area contributed by atoms with Crippen LogP contribution in [-0.2, 0) is 28.6 Å². The molecule has 0 saturated heterocycles. The molecule has 1 atom stereocenters. The molecule has 0 heterocycles. The maximum atomic E-state index is 12.9. The molecule has 1 unspecified atom stereocenters. The summed E-state index contributed by atoms with van der Waals surface area (Å²) >= 11 is 0. The fourth-order valence-electron chi connectivity index (χ4n) is 10.5. The highest BCUT2D eigenvalue weighted by atomic mass is 16.6. The first-order valence-corrected chi connectivity index (χ1v) is 34.3. The van der Waals surface area contributed by atoms with Gasteiger partial charge < -0.3 is 14.2 Å². The summed E-state index contributed by atoms with van der Waals surface area (Å²) in [5.74, 6) is -0.835. The lowest BCUT2D eigenvalue weighted by Crippen LogP contribution is -2.30. The quantitative estimate of drug-likeness (QED) is 0.0261. The molecule has 0 aromatic rings. The van der Waals surface area contributed by atoms with Crippen molar-refractivity contribution in [1.82, 2.24) is 0 Å². The van der Waals surface area contributed by atoms with Crippen molar-refractivity contribution in [1.29, 1.82) is 0 Å². The standard InChI is InChI=1S/C70H132O6/c1-4-7-10-13-16-19-22-24-26-28-30-31-32-33-34-35-36-37-38-39-41-42-44-46-48-51-54-57-60-63-69(72)75-66-67(65-74-68(71)62-59-56-53-50-21-18-15-12-9-6-3)76-70(73)64-61-58-55-52-49-47-45-43-40-29-27-25-23-20-17-14-11-8-5-2/h22,24,28,30,67H,4-21,23,25-27,29,31-66H2,1-3H3/b24-22-,30-28-. The fourth-order valence-corrected chi connectivity index (χ4v) is 10.5. The SMILES string of the molecule is CCCCCCC/C=C\C/C=C\CCCCCCCCCCCCCCCCCCCC(=O)OCC(COC(=O)CCCCCCCCCCCC)OC(=O)CCCCCCCCCCCCCCCCCCCCC. The third-order valence-electron chi connectivity index (χ3n) is 15.7. The van der Waals surface area contributed by atoms with Crippen molar-refractivity contribution in [3.8, 4) is 0 Å². The summed E-state index contributed by atoms with van der Waals surface area (Å²) in [7, 11) is 0. The second-order valence-corrected chi connectivity index (χ2v) is 23.5. The van der Waals surface area contributed by atoms with Gasteiger partial charge in [-0.3, -0.25) is 14.4 Å². The second kappa shape index (κ2) is 65.4. The van der Waals surface area contributed by atoms with Gasteiger partial charge >= 0.3 is 17.9 Å². The van der Waals surface area contributed by atoms with E-state index in [1.54, 1.807) is 0 Å². The minimum Gasteiger partial charge on any atom is -0.462 e. The van der Waals surface area contributed by atoms with Gasteiger partial charge in [0.15, 0.2) is 6.10 Å². The summed E-state index contributed by atoms with van der Waals surface area (Å²) in [6.07, 6.45) is 79.3. The molecule has 448 valence electrons. The predicted octanol–water partition coefficient (Wildman–Crippen LogP) is 23.4. The number of carbonyl (C=O) groups excluding carboxylic acids is 3. The van der Waals surface area contributed by atoms with Gasteiger partial charge in [0.2, 0.25) is 0 Å². The lowest BCUT2D eigenvalue weighted by atomic mass is 10.0. The van der Waals surface area contributed by atoms with E-state index < -0.39 is 6.10 Å². The van der Waals surface area contributed by atoms with Crippen LogP contribution in [0.2, 0.25) is 0 Å². The highest BCUT2D eigenvalue weighted by molar-refractivity contribution is 5.71. The Morgan fingerprint density at radius 1 is 0.263 bits per heavy atom. The number of hydrogen-bond donors (Lipinski definition) is 0. The molecular formula is C70H132O6. The Bertz CT molecular complexity index is 1230. The zero-order valence-corrected chi connectivity index (χ0v) is 51.6. The van der Waals surface area contributed by atoms with E-state index in [0.29, 0.717) is 19.3 Å². The summed E-state index contributed by atoms with van der Waals surface area (Å²) < 4.78 is 16.9. The van der Waals surface area contributed by atoms with Crippen molar-refractivity contribution in [3.05, 3.63) is 24.3 Å². The van der Waals surface area contributed by atoms with E-state index in [0.717, 1.165) is 64.2 Å². The number of unbranched alkanes of at least 4 members (excludes halogenated alkanes) is 49. The third-order valence-corrected chi connectivity index (χ3v) is 15.7. The van der Waals surface area contributed by atoms with Crippen LogP contribution in [0.25, 0.3) is 0 Å². The Kier molecular flexibility index (Phi) is 63.6. The Balaban J connectivity index is 4.11. The van der Waals surface area contributed by atoms with Crippen LogP contribution in [0.3, 0.4) is 0 Å². The van der Waals surface area contributed by atoms with E-state index in [1.165, 1.54) is 283 Å². The van der Waals surface area contributed by atoms with E-state index in [1.807, 2.05) is 0 Å². The Hall–Kier alpha value is -2.11. The Morgan fingerprint density at radius 2 is 0.474 bits per heavy atom. The van der Waals surface area contributed by atoms with Crippen molar-refractivity contribution in [3.63, 3.8) is 0 Å². The van der Waals surface area contributed by atoms with Crippen LogP contribution in [0.1, 0.15) is 387 Å². The number of allylic oxidation sites excluding steroid dienone is 4. The van der Waals surface area contributed by atoms with Crippen molar-refractivity contribution in [2.45, 2.75) is 393 Å². The van der Waals surface area contributed by atoms with Crippen LogP contribution < -0.4 is 0 Å². The molecule has 0 aliphatic carbocycles. The van der Waals surface area contributed by atoms with Gasteiger partial charge in [0.25, 0.3) is 0 Å². The minimum absolute atomic E-state index is 0.0639. The van der Waals surface area contributed by atoms with Gasteiger partial charge in [0.1, 0.15) is 13.2 Å². The average Bonchev–Trinajstić information content (AvgIpc) is 3.42. The first-order valence-electron chi connectivity index (χ1n) is 34.3. The van der Waals surface area contributed by atoms with Gasteiger partial charge in [-0.15, -0.1) is 0 Å². The van der Waals surface area contributed by atoms with Crippen molar-refractivity contribution < 1.29 is 28.6 Å². The van der Waals surface area contributed by atoms with E-state index >= 15 is 0 Å². The molecule has 0 spiro atoms. The largest absolute Gasteiger partial charge is 0.462 e. The number of rotatable bonds is 64. The Morgan fingerprint density at radius 3 is 0.724 bits per heavy atom. The molecule has 76 heavy (non-hydrogen) atoms. The van der Waals surface area contributed by atoms with Crippen molar-refractivity contribution in [2.75, 3.05) is 13.2 Å². The maximum absolute atomic E-state index is 12.9. The third kappa shape index (κ3) is 62.7. The van der Waals surface area contributed by atoms with Gasteiger partial charge in [0, 0.05) is 19.3 Å². The zero-order valence-electron chi connectivity index (χ0n) is 51.6. The van der Waals surface area contributed by atoms with Crippen LogP contribution in [0.4, 0.5) is 0 Å². The second-order valence-electron chi connectivity index (χ2n) is 23.5. The summed E-state index contributed by atoms with van der Waals surface area (Å²) in [5, 5.41) is 0. The molecule has 0 aromatic carbocycles. The van der Waals surface area contributed by atoms with Crippen LogP contribution in [0, 0.1) is 0 Å². The molecule has 0 amide bonds. The van der Waals surface area contributed by atoms with Crippen LogP contribution in [0.5, 0.6) is 0 Å². The summed E-state index contributed by atoms with van der Waals surface area (Å²) in [4.78, 5) is 38.3. The van der Waals surface area contributed by atoms with E-state index in [-0.39, 0.29) is 31.1 Å². The molecule has 0 radical (unpaired) electrons. The number of ether oxygens (including phenoxy) is 3. The van der Waals surface area contributed by atoms with E-state index in [9.17, 15) is 14.4 Å². The molecule has 0 rings (SSSR count). The monoisotopic (exact) mass is 1070 g/mol. The number of carbonyl (C=O) groups is 3. The predicted molar refractivity (Wildman–Crippen MR) is 330 cm³/mol. The lowest BCUT2D eigenvalue weighted by molar-refractivity contribution is -0.167. The number of hydrogen-bond acceptors (Lipinski definition) is 6. The minimum atomic E-state index is -0.765. The molecule has 0 N–H and O–H groups in total. The highest BCUT2D eigenvalue weighted by Crippen LogP contribution is 2.18. The molecule has 0 fully saturated rings. The van der Waals surface area contributed by atoms with E-state index in [4.69, 9.17) is 14.2 Å². The van der Waals surface area contributed by atoms with Crippen molar-refractivity contribution >= 4 is 17.9 Å². The van der Waals surface area contributed by atoms with Crippen LogP contribution in [-0.4, -0.2) is 37.2 Å². The number of esters is 3.